The lowest BCUT2D eigenvalue weighted by atomic mass is 10.1. The van der Waals surface area contributed by atoms with Gasteiger partial charge in [-0.05, 0) is 50.1 Å². The van der Waals surface area contributed by atoms with Crippen molar-refractivity contribution in [2.45, 2.75) is 43.9 Å². The highest BCUT2D eigenvalue weighted by molar-refractivity contribution is 7.89. The molecule has 0 radical (unpaired) electrons. The molecule has 4 aromatic rings. The number of nitrogens with zero attached hydrogens (tertiary/aromatic N) is 4. The number of carbonyl (C=O) groups excluding carboxylic acids is 1. The highest BCUT2D eigenvalue weighted by Gasteiger charge is 2.25. The second kappa shape index (κ2) is 10.6. The van der Waals surface area contributed by atoms with Crippen LogP contribution in [0.5, 0.6) is 0 Å². The van der Waals surface area contributed by atoms with E-state index in [9.17, 15) is 22.0 Å². The summed E-state index contributed by atoms with van der Waals surface area (Å²) in [4.78, 5) is 17.7. The summed E-state index contributed by atoms with van der Waals surface area (Å²) in [5.74, 6) is -0.600. The van der Waals surface area contributed by atoms with Crippen LogP contribution in [0.3, 0.4) is 0 Å². The quantitative estimate of drug-likeness (QED) is 0.351. The zero-order valence-electron chi connectivity index (χ0n) is 20.8. The summed E-state index contributed by atoms with van der Waals surface area (Å²) < 4.78 is 56.2. The maximum atomic E-state index is 13.9. The van der Waals surface area contributed by atoms with E-state index in [-0.39, 0.29) is 21.8 Å². The van der Waals surface area contributed by atoms with Crippen molar-refractivity contribution in [1.82, 2.24) is 18.9 Å². The molecule has 1 amide bonds. The number of anilines is 1. The average Bonchev–Trinajstić information content (AvgIpc) is 3.13. The highest BCUT2D eigenvalue weighted by atomic mass is 32.2. The van der Waals surface area contributed by atoms with Crippen molar-refractivity contribution in [1.29, 1.82) is 0 Å². The zero-order valence-corrected chi connectivity index (χ0v) is 21.6. The van der Waals surface area contributed by atoms with Gasteiger partial charge in [0.05, 0.1) is 16.8 Å². The predicted molar refractivity (Wildman–Crippen MR) is 140 cm³/mol. The van der Waals surface area contributed by atoms with Crippen LogP contribution in [0.2, 0.25) is 0 Å². The van der Waals surface area contributed by atoms with Crippen LogP contribution in [0.15, 0.2) is 65.7 Å². The molecule has 3 heterocycles. The predicted octanol–water partition coefficient (Wildman–Crippen LogP) is 5.46. The molecule has 1 fully saturated rings. The number of carbonyl (C=O) groups is 1. The molecule has 1 saturated heterocycles. The van der Waals surface area contributed by atoms with Gasteiger partial charge < -0.3 is 5.32 Å². The van der Waals surface area contributed by atoms with Crippen LogP contribution in [0.1, 0.15) is 53.7 Å². The average molecular weight is 540 g/mol. The lowest BCUT2D eigenvalue weighted by molar-refractivity contribution is 0.102. The standard InChI is InChI=1S/C27H27F2N5O3S/c1-18-6-8-19(9-7-18)23-16-24(25(28)29)34-26(32-23)22(17-30-34)27(35)31-20-10-12-21(13-11-20)38(36,37)33-14-4-2-3-5-15-33/h6-13,16-17,25H,2-5,14-15H2,1H3,(H,31,35). The monoisotopic (exact) mass is 539 g/mol. The van der Waals surface area contributed by atoms with Crippen LogP contribution in [0.4, 0.5) is 14.5 Å². The van der Waals surface area contributed by atoms with Crippen molar-refractivity contribution in [3.63, 3.8) is 0 Å². The molecule has 8 nitrogen and oxygen atoms in total. The molecule has 38 heavy (non-hydrogen) atoms. The summed E-state index contributed by atoms with van der Waals surface area (Å²) in [6.45, 7) is 2.91. The fourth-order valence-corrected chi connectivity index (χ4v) is 6.03. The van der Waals surface area contributed by atoms with Gasteiger partial charge in [0, 0.05) is 24.3 Å². The minimum Gasteiger partial charge on any atom is -0.322 e. The Morgan fingerprint density at radius 2 is 1.63 bits per heavy atom. The number of halogens is 2. The van der Waals surface area contributed by atoms with Crippen LogP contribution in [0, 0.1) is 6.92 Å². The third kappa shape index (κ3) is 5.16. The molecule has 11 heteroatoms. The maximum Gasteiger partial charge on any atom is 0.280 e. The summed E-state index contributed by atoms with van der Waals surface area (Å²) in [5, 5.41) is 6.68. The van der Waals surface area contributed by atoms with Crippen molar-refractivity contribution in [3.8, 4) is 11.3 Å². The number of amides is 1. The lowest BCUT2D eigenvalue weighted by Crippen LogP contribution is -2.31. The second-order valence-electron chi connectivity index (χ2n) is 9.32. The van der Waals surface area contributed by atoms with Gasteiger partial charge in [-0.15, -0.1) is 0 Å². The molecule has 1 N–H and O–H groups in total. The summed E-state index contributed by atoms with van der Waals surface area (Å²) in [7, 11) is -3.62. The number of hydrogen-bond acceptors (Lipinski definition) is 5. The van der Waals surface area contributed by atoms with Gasteiger partial charge in [0.15, 0.2) is 5.65 Å². The van der Waals surface area contributed by atoms with Crippen molar-refractivity contribution < 1.29 is 22.0 Å². The molecule has 0 bridgehead atoms. The van der Waals surface area contributed by atoms with Crippen molar-refractivity contribution in [2.24, 2.45) is 0 Å². The van der Waals surface area contributed by atoms with Crippen LogP contribution in [-0.2, 0) is 10.0 Å². The Kier molecular flexibility index (Phi) is 7.22. The van der Waals surface area contributed by atoms with Gasteiger partial charge in [0.2, 0.25) is 10.0 Å². The van der Waals surface area contributed by atoms with E-state index in [0.29, 0.717) is 30.0 Å². The van der Waals surface area contributed by atoms with Gasteiger partial charge in [0.25, 0.3) is 12.3 Å². The molecule has 1 aliphatic rings. The molecule has 2 aromatic heterocycles. The number of nitrogens with one attached hydrogen (secondary N) is 1. The third-order valence-electron chi connectivity index (χ3n) is 6.63. The molecule has 2 aromatic carbocycles. The first-order valence-electron chi connectivity index (χ1n) is 12.4. The number of benzene rings is 2. The summed E-state index contributed by atoms with van der Waals surface area (Å²) in [6.07, 6.45) is 2.06. The Hall–Kier alpha value is -3.70. The molecular weight excluding hydrogens is 512 g/mol. The minimum atomic E-state index is -3.62. The second-order valence-corrected chi connectivity index (χ2v) is 11.3. The lowest BCUT2D eigenvalue weighted by Gasteiger charge is -2.20. The Balaban J connectivity index is 1.42. The molecule has 0 atom stereocenters. The topological polar surface area (TPSA) is 96.7 Å². The van der Waals surface area contributed by atoms with Crippen molar-refractivity contribution >= 4 is 27.3 Å². The Bertz CT molecular complexity index is 1560. The third-order valence-corrected chi connectivity index (χ3v) is 8.54. The van der Waals surface area contributed by atoms with E-state index >= 15 is 0 Å². The Morgan fingerprint density at radius 1 is 0.974 bits per heavy atom. The SMILES string of the molecule is Cc1ccc(-c2cc(C(F)F)n3ncc(C(=O)Nc4ccc(S(=O)(=O)N5CCCCCC5)cc4)c3n2)cc1. The van der Waals surface area contributed by atoms with Crippen LogP contribution in [-0.4, -0.2) is 46.3 Å². The van der Waals surface area contributed by atoms with E-state index < -0.39 is 22.4 Å². The molecular formula is C27H27F2N5O3S. The minimum absolute atomic E-state index is 0.00348. The van der Waals surface area contributed by atoms with E-state index in [1.165, 1.54) is 40.8 Å². The van der Waals surface area contributed by atoms with Crippen LogP contribution < -0.4 is 5.32 Å². The van der Waals surface area contributed by atoms with E-state index in [0.717, 1.165) is 35.8 Å². The largest absolute Gasteiger partial charge is 0.322 e. The Morgan fingerprint density at radius 3 is 2.26 bits per heavy atom. The number of aromatic nitrogens is 3. The summed E-state index contributed by atoms with van der Waals surface area (Å²) >= 11 is 0. The number of rotatable bonds is 6. The smallest absolute Gasteiger partial charge is 0.280 e. The molecule has 0 unspecified atom stereocenters. The van der Waals surface area contributed by atoms with Gasteiger partial charge in [-0.2, -0.15) is 9.40 Å². The van der Waals surface area contributed by atoms with Crippen molar-refractivity contribution in [3.05, 3.63) is 77.6 Å². The van der Waals surface area contributed by atoms with E-state index in [1.54, 1.807) is 12.1 Å². The van der Waals surface area contributed by atoms with Gasteiger partial charge >= 0.3 is 0 Å². The molecule has 1 aliphatic heterocycles. The number of sulfonamides is 1. The molecule has 0 aliphatic carbocycles. The summed E-state index contributed by atoms with van der Waals surface area (Å²) in [6, 6.07) is 14.4. The zero-order chi connectivity index (χ0) is 26.9. The van der Waals surface area contributed by atoms with Gasteiger partial charge in [0.1, 0.15) is 11.3 Å². The van der Waals surface area contributed by atoms with Crippen LogP contribution >= 0.6 is 0 Å². The molecule has 0 spiro atoms. The van der Waals surface area contributed by atoms with E-state index in [4.69, 9.17) is 0 Å². The summed E-state index contributed by atoms with van der Waals surface area (Å²) in [5.41, 5.74) is 1.93. The number of fused-ring (bicyclic) bond motifs is 1. The number of alkyl halides is 2. The number of hydrogen-bond donors (Lipinski definition) is 1. The van der Waals surface area contributed by atoms with E-state index in [1.807, 2.05) is 19.1 Å². The highest BCUT2D eigenvalue weighted by Crippen LogP contribution is 2.28. The van der Waals surface area contributed by atoms with E-state index in [2.05, 4.69) is 15.4 Å². The fraction of sp³-hybridized carbons (Fsp3) is 0.296. The fourth-order valence-electron chi connectivity index (χ4n) is 4.51. The molecule has 198 valence electrons. The van der Waals surface area contributed by atoms with Crippen molar-refractivity contribution in [2.75, 3.05) is 18.4 Å². The Labute approximate surface area is 219 Å². The number of aryl methyl sites for hydroxylation is 1. The molecule has 5 rings (SSSR count). The first-order valence-corrected chi connectivity index (χ1v) is 13.8. The first-order chi connectivity index (χ1) is 18.2. The van der Waals surface area contributed by atoms with Crippen LogP contribution in [0.25, 0.3) is 16.9 Å². The first kappa shape index (κ1) is 25.9. The normalized spacial score (nSPS) is 15.1. The molecule has 0 saturated carbocycles. The van der Waals surface area contributed by atoms with Gasteiger partial charge in [-0.3, -0.25) is 4.79 Å². The maximum absolute atomic E-state index is 13.9. The van der Waals surface area contributed by atoms with Gasteiger partial charge in [-0.25, -0.2) is 26.7 Å². The van der Waals surface area contributed by atoms with Gasteiger partial charge in [-0.1, -0.05) is 42.7 Å².